The summed E-state index contributed by atoms with van der Waals surface area (Å²) in [6.45, 7) is 5.60. The Labute approximate surface area is 126 Å². The lowest BCUT2D eigenvalue weighted by atomic mass is 9.97. The lowest BCUT2D eigenvalue weighted by molar-refractivity contribution is 0.612. The average Bonchev–Trinajstić information content (AvgIpc) is 2.68. The standard InChI is InChI=1S/C19H22N2/c1-14-4-2-3-5-18(14)15-6-7-19-16(12-15)13-17-8-9-20-10-11-21(17)19/h2-7,12,17,20H,8-11,13H2,1H3. The summed E-state index contributed by atoms with van der Waals surface area (Å²) in [5, 5.41) is 3.51. The van der Waals surface area contributed by atoms with Crippen LogP contribution in [0.5, 0.6) is 0 Å². The summed E-state index contributed by atoms with van der Waals surface area (Å²) >= 11 is 0. The van der Waals surface area contributed by atoms with Crippen LogP contribution in [0.4, 0.5) is 5.69 Å². The summed E-state index contributed by atoms with van der Waals surface area (Å²) in [5.74, 6) is 0. The van der Waals surface area contributed by atoms with Gasteiger partial charge >= 0.3 is 0 Å². The molecule has 2 aliphatic heterocycles. The van der Waals surface area contributed by atoms with Gasteiger partial charge in [0.15, 0.2) is 0 Å². The Bertz CT molecular complexity index is 662. The molecule has 1 atom stereocenters. The van der Waals surface area contributed by atoms with Crippen molar-refractivity contribution in [2.24, 2.45) is 0 Å². The number of hydrogen-bond acceptors (Lipinski definition) is 2. The number of fused-ring (bicyclic) bond motifs is 3. The molecular weight excluding hydrogens is 256 g/mol. The van der Waals surface area contributed by atoms with Crippen LogP contribution in [0.2, 0.25) is 0 Å². The van der Waals surface area contributed by atoms with Crippen molar-refractivity contribution in [3.8, 4) is 11.1 Å². The predicted octanol–water partition coefficient (Wildman–Crippen LogP) is 3.39. The fourth-order valence-electron chi connectivity index (χ4n) is 3.81. The Morgan fingerprint density at radius 3 is 2.90 bits per heavy atom. The zero-order valence-corrected chi connectivity index (χ0v) is 12.6. The van der Waals surface area contributed by atoms with Crippen LogP contribution in [0.1, 0.15) is 17.5 Å². The zero-order chi connectivity index (χ0) is 14.2. The third kappa shape index (κ3) is 2.24. The molecule has 2 aliphatic rings. The van der Waals surface area contributed by atoms with Gasteiger partial charge in [-0.25, -0.2) is 0 Å². The minimum Gasteiger partial charge on any atom is -0.367 e. The van der Waals surface area contributed by atoms with Crippen LogP contribution in [0.15, 0.2) is 42.5 Å². The second-order valence-electron chi connectivity index (χ2n) is 6.25. The molecule has 0 bridgehead atoms. The number of nitrogens with zero attached hydrogens (tertiary/aromatic N) is 1. The molecule has 1 fully saturated rings. The van der Waals surface area contributed by atoms with Gasteiger partial charge in [-0.1, -0.05) is 30.3 Å². The number of hydrogen-bond donors (Lipinski definition) is 1. The maximum Gasteiger partial charge on any atom is 0.0403 e. The highest BCUT2D eigenvalue weighted by Crippen LogP contribution is 2.37. The van der Waals surface area contributed by atoms with Crippen molar-refractivity contribution in [3.05, 3.63) is 53.6 Å². The predicted molar refractivity (Wildman–Crippen MR) is 88.9 cm³/mol. The van der Waals surface area contributed by atoms with E-state index in [1.165, 1.54) is 40.8 Å². The van der Waals surface area contributed by atoms with Crippen LogP contribution in [0, 0.1) is 6.92 Å². The van der Waals surface area contributed by atoms with Crippen molar-refractivity contribution in [2.45, 2.75) is 25.8 Å². The maximum absolute atomic E-state index is 3.51. The third-order valence-corrected chi connectivity index (χ3v) is 4.93. The van der Waals surface area contributed by atoms with E-state index in [2.05, 4.69) is 59.6 Å². The molecule has 0 amide bonds. The first kappa shape index (κ1) is 12.9. The first-order chi connectivity index (χ1) is 10.3. The van der Waals surface area contributed by atoms with E-state index in [-0.39, 0.29) is 0 Å². The second-order valence-corrected chi connectivity index (χ2v) is 6.25. The molecule has 4 rings (SSSR count). The van der Waals surface area contributed by atoms with Crippen LogP contribution in [-0.4, -0.2) is 25.7 Å². The molecule has 0 aromatic heterocycles. The molecule has 2 heteroatoms. The number of aryl methyl sites for hydroxylation is 1. The van der Waals surface area contributed by atoms with E-state index in [4.69, 9.17) is 0 Å². The van der Waals surface area contributed by atoms with E-state index in [0.717, 1.165) is 19.6 Å². The molecule has 1 N–H and O–H groups in total. The highest BCUT2D eigenvalue weighted by atomic mass is 15.2. The Morgan fingerprint density at radius 1 is 1.10 bits per heavy atom. The van der Waals surface area contributed by atoms with E-state index in [0.29, 0.717) is 6.04 Å². The van der Waals surface area contributed by atoms with Crippen molar-refractivity contribution in [1.82, 2.24) is 5.32 Å². The Kier molecular flexibility index (Phi) is 3.19. The van der Waals surface area contributed by atoms with E-state index < -0.39 is 0 Å². The largest absolute Gasteiger partial charge is 0.367 e. The van der Waals surface area contributed by atoms with Crippen LogP contribution in [-0.2, 0) is 6.42 Å². The fourth-order valence-corrected chi connectivity index (χ4v) is 3.81. The summed E-state index contributed by atoms with van der Waals surface area (Å²) in [4.78, 5) is 2.61. The highest BCUT2D eigenvalue weighted by Gasteiger charge is 2.30. The Balaban J connectivity index is 1.72. The monoisotopic (exact) mass is 278 g/mol. The summed E-state index contributed by atoms with van der Waals surface area (Å²) in [5.41, 5.74) is 7.07. The lowest BCUT2D eigenvalue weighted by Gasteiger charge is -2.24. The molecule has 0 radical (unpaired) electrons. The van der Waals surface area contributed by atoms with Gasteiger partial charge in [0.2, 0.25) is 0 Å². The van der Waals surface area contributed by atoms with Gasteiger partial charge in [0.05, 0.1) is 0 Å². The normalized spacial score (nSPS) is 20.8. The SMILES string of the molecule is Cc1ccccc1-c1ccc2c(c1)CC1CCNCCN21. The average molecular weight is 278 g/mol. The molecule has 0 saturated carbocycles. The molecule has 2 nitrogen and oxygen atoms in total. The van der Waals surface area contributed by atoms with Crippen LogP contribution in [0.25, 0.3) is 11.1 Å². The zero-order valence-electron chi connectivity index (χ0n) is 12.6. The molecule has 0 spiro atoms. The molecule has 21 heavy (non-hydrogen) atoms. The minimum absolute atomic E-state index is 0.696. The quantitative estimate of drug-likeness (QED) is 0.860. The smallest absolute Gasteiger partial charge is 0.0403 e. The van der Waals surface area contributed by atoms with E-state index in [1.807, 2.05) is 0 Å². The summed E-state index contributed by atoms with van der Waals surface area (Å²) in [7, 11) is 0. The molecular formula is C19H22N2. The topological polar surface area (TPSA) is 15.3 Å². The van der Waals surface area contributed by atoms with Crippen LogP contribution in [0.3, 0.4) is 0 Å². The molecule has 2 aromatic rings. The highest BCUT2D eigenvalue weighted by molar-refractivity contribution is 5.73. The van der Waals surface area contributed by atoms with Gasteiger partial charge in [-0.05, 0) is 60.7 Å². The minimum atomic E-state index is 0.696. The Morgan fingerprint density at radius 2 is 2.00 bits per heavy atom. The van der Waals surface area contributed by atoms with Gasteiger partial charge in [-0.15, -0.1) is 0 Å². The third-order valence-electron chi connectivity index (χ3n) is 4.93. The molecule has 1 saturated heterocycles. The number of benzene rings is 2. The van der Waals surface area contributed by atoms with Crippen molar-refractivity contribution in [2.75, 3.05) is 24.5 Å². The van der Waals surface area contributed by atoms with Gasteiger partial charge in [0.1, 0.15) is 0 Å². The number of nitrogens with one attached hydrogen (secondary N) is 1. The molecule has 2 aromatic carbocycles. The fraction of sp³-hybridized carbons (Fsp3) is 0.368. The van der Waals surface area contributed by atoms with Crippen molar-refractivity contribution < 1.29 is 0 Å². The van der Waals surface area contributed by atoms with E-state index in [9.17, 15) is 0 Å². The number of anilines is 1. The van der Waals surface area contributed by atoms with Crippen molar-refractivity contribution in [1.29, 1.82) is 0 Å². The van der Waals surface area contributed by atoms with Gasteiger partial charge in [0.25, 0.3) is 0 Å². The van der Waals surface area contributed by atoms with Gasteiger partial charge in [0, 0.05) is 24.8 Å². The van der Waals surface area contributed by atoms with Crippen LogP contribution >= 0.6 is 0 Å². The molecule has 0 aliphatic carbocycles. The molecule has 108 valence electrons. The summed E-state index contributed by atoms with van der Waals surface area (Å²) < 4.78 is 0. The Hall–Kier alpha value is -1.80. The van der Waals surface area contributed by atoms with E-state index in [1.54, 1.807) is 0 Å². The lowest BCUT2D eigenvalue weighted by Crippen LogP contribution is -2.32. The number of rotatable bonds is 1. The van der Waals surface area contributed by atoms with Crippen molar-refractivity contribution >= 4 is 5.69 Å². The van der Waals surface area contributed by atoms with Crippen molar-refractivity contribution in [3.63, 3.8) is 0 Å². The molecule has 1 unspecified atom stereocenters. The molecule has 2 heterocycles. The van der Waals surface area contributed by atoms with Gasteiger partial charge in [-0.3, -0.25) is 0 Å². The maximum atomic E-state index is 3.51. The van der Waals surface area contributed by atoms with E-state index >= 15 is 0 Å². The summed E-state index contributed by atoms with van der Waals surface area (Å²) in [6.07, 6.45) is 2.46. The second kappa shape index (κ2) is 5.19. The first-order valence-corrected chi connectivity index (χ1v) is 7.99. The summed E-state index contributed by atoms with van der Waals surface area (Å²) in [6, 6.07) is 16.4. The first-order valence-electron chi connectivity index (χ1n) is 7.99. The van der Waals surface area contributed by atoms with Gasteiger partial charge in [-0.2, -0.15) is 0 Å². The van der Waals surface area contributed by atoms with Gasteiger partial charge < -0.3 is 10.2 Å². The van der Waals surface area contributed by atoms with Crippen LogP contribution < -0.4 is 10.2 Å².